The van der Waals surface area contributed by atoms with Crippen LogP contribution in [0.3, 0.4) is 0 Å². The van der Waals surface area contributed by atoms with Gasteiger partial charge in [-0.25, -0.2) is 0 Å². The lowest BCUT2D eigenvalue weighted by Gasteiger charge is -2.20. The van der Waals surface area contributed by atoms with Gasteiger partial charge in [-0.05, 0) is 25.8 Å². The van der Waals surface area contributed by atoms with Crippen molar-refractivity contribution in [3.05, 3.63) is 0 Å². The second-order valence-corrected chi connectivity index (χ2v) is 4.04. The molecule has 0 bridgehead atoms. The summed E-state index contributed by atoms with van der Waals surface area (Å²) in [6.07, 6.45) is 3.41. The third-order valence-electron chi connectivity index (χ3n) is 2.72. The molecular formula is C11H19NO4. The van der Waals surface area contributed by atoms with Gasteiger partial charge in [0, 0.05) is 0 Å². The molecule has 1 fully saturated rings. The summed E-state index contributed by atoms with van der Waals surface area (Å²) in [6, 6.07) is -0.354. The number of hydrogen-bond acceptors (Lipinski definition) is 4. The third kappa shape index (κ3) is 3.81. The molecule has 1 aliphatic rings. The van der Waals surface area contributed by atoms with Gasteiger partial charge >= 0.3 is 11.9 Å². The molecule has 0 radical (unpaired) electrons. The first-order valence-electron chi connectivity index (χ1n) is 5.77. The van der Waals surface area contributed by atoms with Crippen LogP contribution in [0.2, 0.25) is 0 Å². The molecule has 0 aromatic heterocycles. The van der Waals surface area contributed by atoms with Crippen molar-refractivity contribution in [1.29, 1.82) is 0 Å². The van der Waals surface area contributed by atoms with Crippen LogP contribution in [0.1, 0.15) is 32.6 Å². The summed E-state index contributed by atoms with van der Waals surface area (Å²) >= 11 is 0. The van der Waals surface area contributed by atoms with Gasteiger partial charge in [0.15, 0.2) is 0 Å². The highest BCUT2D eigenvalue weighted by Gasteiger charge is 2.32. The van der Waals surface area contributed by atoms with Crippen molar-refractivity contribution in [3.8, 4) is 0 Å². The molecule has 1 heterocycles. The second kappa shape index (κ2) is 6.48. The van der Waals surface area contributed by atoms with Crippen LogP contribution in [-0.2, 0) is 14.3 Å². The van der Waals surface area contributed by atoms with Gasteiger partial charge in [-0.2, -0.15) is 0 Å². The van der Waals surface area contributed by atoms with Crippen molar-refractivity contribution >= 4 is 11.9 Å². The molecule has 0 amide bonds. The summed E-state index contributed by atoms with van der Waals surface area (Å²) in [4.78, 5) is 23.9. The number of nitrogens with zero attached hydrogens (tertiary/aromatic N) is 1. The molecule has 0 aromatic carbocycles. The molecule has 1 unspecified atom stereocenters. The van der Waals surface area contributed by atoms with Crippen molar-refractivity contribution in [3.63, 3.8) is 0 Å². The predicted molar refractivity (Wildman–Crippen MR) is 58.1 cm³/mol. The number of unbranched alkanes of at least 4 members (excludes halogenated alkanes) is 1. The maximum absolute atomic E-state index is 11.7. The van der Waals surface area contributed by atoms with Crippen LogP contribution >= 0.6 is 0 Å². The van der Waals surface area contributed by atoms with E-state index in [1.807, 2.05) is 6.92 Å². The van der Waals surface area contributed by atoms with E-state index in [0.717, 1.165) is 19.3 Å². The van der Waals surface area contributed by atoms with E-state index >= 15 is 0 Å². The first-order valence-corrected chi connectivity index (χ1v) is 5.77. The Kier molecular flexibility index (Phi) is 5.25. The van der Waals surface area contributed by atoms with Crippen molar-refractivity contribution in [2.45, 2.75) is 38.6 Å². The van der Waals surface area contributed by atoms with Crippen molar-refractivity contribution < 1.29 is 19.4 Å². The number of carbonyl (C=O) groups is 2. The van der Waals surface area contributed by atoms with Crippen LogP contribution in [0, 0.1) is 0 Å². The van der Waals surface area contributed by atoms with Crippen LogP contribution in [0.15, 0.2) is 0 Å². The number of carboxylic acids is 1. The molecule has 0 saturated carbocycles. The topological polar surface area (TPSA) is 66.8 Å². The Hall–Kier alpha value is -1.10. The fraction of sp³-hybridized carbons (Fsp3) is 0.818. The number of likely N-dealkylation sites (tertiary alicyclic amines) is 1. The van der Waals surface area contributed by atoms with Crippen LogP contribution in [0.5, 0.6) is 0 Å². The first kappa shape index (κ1) is 13.0. The van der Waals surface area contributed by atoms with E-state index in [4.69, 9.17) is 9.84 Å². The van der Waals surface area contributed by atoms with Crippen LogP contribution in [-0.4, -0.2) is 47.7 Å². The van der Waals surface area contributed by atoms with Gasteiger partial charge in [0.05, 0.1) is 13.2 Å². The van der Waals surface area contributed by atoms with E-state index in [0.29, 0.717) is 19.6 Å². The lowest BCUT2D eigenvalue weighted by molar-refractivity contribution is -0.150. The molecule has 16 heavy (non-hydrogen) atoms. The summed E-state index contributed by atoms with van der Waals surface area (Å²) in [6.45, 7) is 3.06. The summed E-state index contributed by atoms with van der Waals surface area (Å²) in [5.41, 5.74) is 0. The molecule has 92 valence electrons. The molecule has 1 aliphatic heterocycles. The quantitative estimate of drug-likeness (QED) is 0.541. The van der Waals surface area contributed by atoms with E-state index in [1.54, 1.807) is 4.90 Å². The average molecular weight is 229 g/mol. The fourth-order valence-corrected chi connectivity index (χ4v) is 1.87. The second-order valence-electron chi connectivity index (χ2n) is 4.04. The summed E-state index contributed by atoms with van der Waals surface area (Å²) < 4.78 is 5.10. The molecule has 1 saturated heterocycles. The third-order valence-corrected chi connectivity index (χ3v) is 2.72. The van der Waals surface area contributed by atoms with Crippen LogP contribution in [0.25, 0.3) is 0 Å². The van der Waals surface area contributed by atoms with E-state index < -0.39 is 5.97 Å². The monoisotopic (exact) mass is 229 g/mol. The predicted octanol–water partition coefficient (Wildman–Crippen LogP) is 0.879. The van der Waals surface area contributed by atoms with E-state index in [-0.39, 0.29) is 18.6 Å². The average Bonchev–Trinajstić information content (AvgIpc) is 2.65. The molecule has 0 spiro atoms. The Morgan fingerprint density at radius 2 is 2.25 bits per heavy atom. The standard InChI is InChI=1S/C11H19NO4/c1-2-3-7-16-11(15)9-5-4-6-12(9)8-10(13)14/h9H,2-8H2,1H3,(H,13,14). The zero-order valence-corrected chi connectivity index (χ0v) is 9.65. The number of hydrogen-bond donors (Lipinski definition) is 1. The smallest absolute Gasteiger partial charge is 0.323 e. The lowest BCUT2D eigenvalue weighted by atomic mass is 10.2. The molecule has 0 aromatic rings. The Morgan fingerprint density at radius 3 is 2.88 bits per heavy atom. The van der Waals surface area contributed by atoms with Gasteiger partial charge in [0.2, 0.25) is 0 Å². The van der Waals surface area contributed by atoms with E-state index in [1.165, 1.54) is 0 Å². The minimum absolute atomic E-state index is 0.0758. The zero-order valence-electron chi connectivity index (χ0n) is 9.65. The summed E-state index contributed by atoms with van der Waals surface area (Å²) in [5, 5.41) is 8.69. The van der Waals surface area contributed by atoms with Crippen LogP contribution in [0.4, 0.5) is 0 Å². The zero-order chi connectivity index (χ0) is 12.0. The van der Waals surface area contributed by atoms with Gasteiger partial charge in [0.25, 0.3) is 0 Å². The number of esters is 1. The molecule has 0 aliphatic carbocycles. The molecule has 1 atom stereocenters. The maximum Gasteiger partial charge on any atom is 0.323 e. The van der Waals surface area contributed by atoms with Crippen molar-refractivity contribution in [2.75, 3.05) is 19.7 Å². The molecule has 1 N–H and O–H groups in total. The SMILES string of the molecule is CCCCOC(=O)C1CCCN1CC(=O)O. The molecule has 1 rings (SSSR count). The van der Waals surface area contributed by atoms with Crippen molar-refractivity contribution in [1.82, 2.24) is 4.90 Å². The van der Waals surface area contributed by atoms with E-state index in [2.05, 4.69) is 0 Å². The molecular weight excluding hydrogens is 210 g/mol. The number of rotatable bonds is 6. The number of aliphatic carboxylic acids is 1. The molecule has 5 nitrogen and oxygen atoms in total. The minimum atomic E-state index is -0.895. The van der Waals surface area contributed by atoms with Gasteiger partial charge < -0.3 is 9.84 Å². The Morgan fingerprint density at radius 1 is 1.50 bits per heavy atom. The van der Waals surface area contributed by atoms with Gasteiger partial charge in [0.1, 0.15) is 6.04 Å². The largest absolute Gasteiger partial charge is 0.480 e. The number of carbonyl (C=O) groups excluding carboxylic acids is 1. The lowest BCUT2D eigenvalue weighted by Crippen LogP contribution is -2.40. The van der Waals surface area contributed by atoms with Gasteiger partial charge in [-0.1, -0.05) is 13.3 Å². The Balaban J connectivity index is 2.38. The summed E-state index contributed by atoms with van der Waals surface area (Å²) in [5.74, 6) is -1.17. The number of carboxylic acid groups (broad SMARTS) is 1. The Labute approximate surface area is 95.4 Å². The van der Waals surface area contributed by atoms with E-state index in [9.17, 15) is 9.59 Å². The molecule has 5 heteroatoms. The highest BCUT2D eigenvalue weighted by molar-refractivity contribution is 5.77. The highest BCUT2D eigenvalue weighted by atomic mass is 16.5. The Bertz CT molecular complexity index is 254. The normalized spacial score (nSPS) is 20.9. The maximum atomic E-state index is 11.7. The minimum Gasteiger partial charge on any atom is -0.480 e. The van der Waals surface area contributed by atoms with Crippen LogP contribution < -0.4 is 0 Å². The first-order chi connectivity index (χ1) is 7.65. The van der Waals surface area contributed by atoms with Gasteiger partial charge in [-0.3, -0.25) is 14.5 Å². The van der Waals surface area contributed by atoms with Crippen molar-refractivity contribution in [2.24, 2.45) is 0 Å². The van der Waals surface area contributed by atoms with Gasteiger partial charge in [-0.15, -0.1) is 0 Å². The summed E-state index contributed by atoms with van der Waals surface area (Å²) in [7, 11) is 0. The highest BCUT2D eigenvalue weighted by Crippen LogP contribution is 2.18. The number of ether oxygens (including phenoxy) is 1. The fourth-order valence-electron chi connectivity index (χ4n) is 1.87.